The highest BCUT2D eigenvalue weighted by molar-refractivity contribution is 7.89. The second-order valence-electron chi connectivity index (χ2n) is 7.20. The first-order valence-corrected chi connectivity index (χ1v) is 11.4. The molecule has 0 spiro atoms. The Morgan fingerprint density at radius 3 is 2.40 bits per heavy atom. The molecule has 1 fully saturated rings. The molecule has 0 bridgehead atoms. The van der Waals surface area contributed by atoms with Gasteiger partial charge in [-0.3, -0.25) is 4.79 Å². The summed E-state index contributed by atoms with van der Waals surface area (Å²) in [6.07, 6.45) is -0.822. The molecule has 7 nitrogen and oxygen atoms in total. The van der Waals surface area contributed by atoms with Gasteiger partial charge in [0.25, 0.3) is 0 Å². The molecule has 1 amide bonds. The van der Waals surface area contributed by atoms with Gasteiger partial charge in [0.05, 0.1) is 4.90 Å². The van der Waals surface area contributed by atoms with Gasteiger partial charge in [-0.25, -0.2) is 13.1 Å². The van der Waals surface area contributed by atoms with E-state index in [0.29, 0.717) is 0 Å². The number of rotatable bonds is 10. The van der Waals surface area contributed by atoms with Crippen LogP contribution in [0.3, 0.4) is 0 Å². The topological polar surface area (TPSA) is 87.7 Å². The van der Waals surface area contributed by atoms with E-state index in [9.17, 15) is 26.4 Å². The monoisotopic (exact) mass is 451 g/mol. The van der Waals surface area contributed by atoms with Crippen LogP contribution in [0.4, 0.5) is 13.2 Å². The van der Waals surface area contributed by atoms with Gasteiger partial charge in [0.15, 0.2) is 0 Å². The van der Waals surface area contributed by atoms with E-state index >= 15 is 0 Å². The Bertz CT molecular complexity index is 777. The fourth-order valence-corrected chi connectivity index (χ4v) is 4.22. The average Bonchev–Trinajstić information content (AvgIpc) is 2.66. The standard InChI is InChI=1S/C19H28F3N3O4S/c1-2-3-12-25-13-9-15(10-14-25)24-18(26)8-11-23-30(27,28)17-6-4-16(5-7-17)29-19(20,21)22/h4-7,15,23H,2-3,8-14H2,1H3,(H,24,26). The number of nitrogens with zero attached hydrogens (tertiary/aromatic N) is 1. The third kappa shape index (κ3) is 8.49. The molecule has 0 aromatic heterocycles. The van der Waals surface area contributed by atoms with E-state index < -0.39 is 22.1 Å². The molecule has 2 N–H and O–H groups in total. The smallest absolute Gasteiger partial charge is 0.406 e. The Morgan fingerprint density at radius 2 is 1.83 bits per heavy atom. The minimum atomic E-state index is -4.85. The van der Waals surface area contributed by atoms with Crippen molar-refractivity contribution in [3.05, 3.63) is 24.3 Å². The lowest BCUT2D eigenvalue weighted by Gasteiger charge is -2.32. The fraction of sp³-hybridized carbons (Fsp3) is 0.632. The van der Waals surface area contributed by atoms with E-state index in [-0.39, 0.29) is 29.8 Å². The summed E-state index contributed by atoms with van der Waals surface area (Å²) in [5.41, 5.74) is 0. The van der Waals surface area contributed by atoms with Gasteiger partial charge in [0.2, 0.25) is 15.9 Å². The van der Waals surface area contributed by atoms with Crippen molar-refractivity contribution in [3.8, 4) is 5.75 Å². The van der Waals surface area contributed by atoms with Gasteiger partial charge in [0, 0.05) is 32.1 Å². The van der Waals surface area contributed by atoms with Gasteiger partial charge >= 0.3 is 6.36 Å². The lowest BCUT2D eigenvalue weighted by atomic mass is 10.0. The molecular formula is C19H28F3N3O4S. The minimum Gasteiger partial charge on any atom is -0.406 e. The zero-order valence-electron chi connectivity index (χ0n) is 16.9. The summed E-state index contributed by atoms with van der Waals surface area (Å²) in [6, 6.07) is 3.95. The zero-order valence-corrected chi connectivity index (χ0v) is 17.7. The van der Waals surface area contributed by atoms with Gasteiger partial charge in [-0.05, 0) is 50.1 Å². The number of carbonyl (C=O) groups is 1. The molecule has 1 aromatic carbocycles. The molecule has 30 heavy (non-hydrogen) atoms. The van der Waals surface area contributed by atoms with Crippen molar-refractivity contribution in [2.45, 2.75) is 56.3 Å². The average molecular weight is 452 g/mol. The van der Waals surface area contributed by atoms with Crippen LogP contribution in [0, 0.1) is 0 Å². The van der Waals surface area contributed by atoms with E-state index in [1.807, 2.05) is 0 Å². The summed E-state index contributed by atoms with van der Waals surface area (Å²) in [5, 5.41) is 2.93. The first-order chi connectivity index (χ1) is 14.1. The summed E-state index contributed by atoms with van der Waals surface area (Å²) in [7, 11) is -3.94. The highest BCUT2D eigenvalue weighted by Gasteiger charge is 2.31. The summed E-state index contributed by atoms with van der Waals surface area (Å²) >= 11 is 0. The molecule has 1 aromatic rings. The SMILES string of the molecule is CCCCN1CCC(NC(=O)CCNS(=O)(=O)c2ccc(OC(F)(F)F)cc2)CC1. The second-order valence-corrected chi connectivity index (χ2v) is 8.97. The Morgan fingerprint density at radius 1 is 1.20 bits per heavy atom. The van der Waals surface area contributed by atoms with E-state index in [0.717, 1.165) is 69.6 Å². The molecule has 0 radical (unpaired) electrons. The molecule has 0 unspecified atom stereocenters. The number of nitrogens with one attached hydrogen (secondary N) is 2. The van der Waals surface area contributed by atoms with Crippen molar-refractivity contribution in [2.24, 2.45) is 0 Å². The Hall–Kier alpha value is -1.85. The first kappa shape index (κ1) is 24.4. The van der Waals surface area contributed by atoms with E-state index in [1.54, 1.807) is 0 Å². The number of carbonyl (C=O) groups excluding carboxylic acids is 1. The van der Waals surface area contributed by atoms with Crippen molar-refractivity contribution in [1.29, 1.82) is 0 Å². The van der Waals surface area contributed by atoms with Crippen LogP contribution in [0.25, 0.3) is 0 Å². The molecule has 1 heterocycles. The van der Waals surface area contributed by atoms with Gasteiger partial charge in [-0.15, -0.1) is 13.2 Å². The number of ether oxygens (including phenoxy) is 1. The van der Waals surface area contributed by atoms with Crippen LogP contribution in [-0.4, -0.2) is 57.8 Å². The number of hydrogen-bond donors (Lipinski definition) is 2. The lowest BCUT2D eigenvalue weighted by Crippen LogP contribution is -2.45. The summed E-state index contributed by atoms with van der Waals surface area (Å²) in [6.45, 7) is 4.99. The highest BCUT2D eigenvalue weighted by Crippen LogP contribution is 2.23. The Kier molecular flexibility index (Phi) is 8.92. The quantitative estimate of drug-likeness (QED) is 0.571. The Labute approximate surface area is 175 Å². The van der Waals surface area contributed by atoms with Crippen LogP contribution in [-0.2, 0) is 14.8 Å². The number of likely N-dealkylation sites (tertiary alicyclic amines) is 1. The highest BCUT2D eigenvalue weighted by atomic mass is 32.2. The van der Waals surface area contributed by atoms with Crippen LogP contribution < -0.4 is 14.8 Å². The third-order valence-corrected chi connectivity index (χ3v) is 6.27. The van der Waals surface area contributed by atoms with Crippen molar-refractivity contribution in [2.75, 3.05) is 26.2 Å². The van der Waals surface area contributed by atoms with E-state index in [2.05, 4.69) is 26.6 Å². The Balaban J connectivity index is 1.73. The molecule has 0 aliphatic carbocycles. The maximum Gasteiger partial charge on any atom is 0.573 e. The van der Waals surface area contributed by atoms with Crippen LogP contribution in [0.2, 0.25) is 0 Å². The predicted molar refractivity (Wildman–Crippen MR) is 105 cm³/mol. The molecule has 170 valence electrons. The minimum absolute atomic E-state index is 0.0233. The van der Waals surface area contributed by atoms with Gasteiger partial charge in [-0.1, -0.05) is 13.3 Å². The number of amides is 1. The van der Waals surface area contributed by atoms with Gasteiger partial charge in [0.1, 0.15) is 5.75 Å². The number of alkyl halides is 3. The summed E-state index contributed by atoms with van der Waals surface area (Å²) in [5.74, 6) is -0.750. The number of unbranched alkanes of at least 4 members (excludes halogenated alkanes) is 1. The van der Waals surface area contributed by atoms with Crippen LogP contribution in [0.5, 0.6) is 5.75 Å². The molecule has 2 rings (SSSR count). The normalized spacial score (nSPS) is 16.4. The third-order valence-electron chi connectivity index (χ3n) is 4.79. The molecule has 1 aliphatic rings. The van der Waals surface area contributed by atoms with Crippen molar-refractivity contribution in [1.82, 2.24) is 14.9 Å². The van der Waals surface area contributed by atoms with E-state index in [4.69, 9.17) is 0 Å². The molecular weight excluding hydrogens is 423 g/mol. The van der Waals surface area contributed by atoms with Crippen LogP contribution in [0.15, 0.2) is 29.2 Å². The maximum absolute atomic E-state index is 12.2. The van der Waals surface area contributed by atoms with Crippen LogP contribution >= 0.6 is 0 Å². The molecule has 1 aliphatic heterocycles. The van der Waals surface area contributed by atoms with Gasteiger partial charge in [-0.2, -0.15) is 0 Å². The summed E-state index contributed by atoms with van der Waals surface area (Å²) < 4.78 is 66.9. The first-order valence-electron chi connectivity index (χ1n) is 9.96. The number of halogens is 3. The second kappa shape index (κ2) is 11.0. The van der Waals surface area contributed by atoms with Gasteiger partial charge < -0.3 is 15.0 Å². The number of piperidine rings is 1. The summed E-state index contributed by atoms with van der Waals surface area (Å²) in [4.78, 5) is 14.3. The number of sulfonamides is 1. The lowest BCUT2D eigenvalue weighted by molar-refractivity contribution is -0.274. The van der Waals surface area contributed by atoms with E-state index in [1.165, 1.54) is 0 Å². The fourth-order valence-electron chi connectivity index (χ4n) is 3.19. The predicted octanol–water partition coefficient (Wildman–Crippen LogP) is 2.63. The van der Waals surface area contributed by atoms with Crippen molar-refractivity contribution >= 4 is 15.9 Å². The maximum atomic E-state index is 12.2. The molecule has 0 atom stereocenters. The number of benzene rings is 1. The molecule has 0 saturated carbocycles. The van der Waals surface area contributed by atoms with Crippen molar-refractivity contribution < 1.29 is 31.1 Å². The largest absolute Gasteiger partial charge is 0.573 e. The molecule has 1 saturated heterocycles. The molecule has 11 heteroatoms. The van der Waals surface area contributed by atoms with Crippen molar-refractivity contribution in [3.63, 3.8) is 0 Å². The zero-order chi connectivity index (χ0) is 22.2. The number of hydrogen-bond acceptors (Lipinski definition) is 5. The van der Waals surface area contributed by atoms with Crippen LogP contribution in [0.1, 0.15) is 39.0 Å².